The number of nitrogens with one attached hydrogen (secondary N) is 1. The lowest BCUT2D eigenvalue weighted by Gasteiger charge is -2.24. The quantitative estimate of drug-likeness (QED) is 0.597. The predicted molar refractivity (Wildman–Crippen MR) is 54.4 cm³/mol. The molecule has 3 N–H and O–H groups in total. The molecule has 3 nitrogen and oxygen atoms in total. The van der Waals surface area contributed by atoms with Crippen molar-refractivity contribution < 1.29 is 10.2 Å². The molecule has 0 bridgehead atoms. The number of phenols is 2. The highest BCUT2D eigenvalue weighted by Gasteiger charge is 2.18. The maximum Gasteiger partial charge on any atom is 0.162 e. The fourth-order valence-electron chi connectivity index (χ4n) is 1.95. The van der Waals surface area contributed by atoms with E-state index in [9.17, 15) is 10.2 Å². The fraction of sp³-hybridized carbons (Fsp3) is 0.455. The van der Waals surface area contributed by atoms with Crippen molar-refractivity contribution in [1.82, 2.24) is 5.32 Å². The van der Waals surface area contributed by atoms with Crippen molar-refractivity contribution in [3.05, 3.63) is 23.8 Å². The highest BCUT2D eigenvalue weighted by atomic mass is 16.3. The van der Waals surface area contributed by atoms with E-state index in [1.165, 1.54) is 18.9 Å². The van der Waals surface area contributed by atoms with Gasteiger partial charge in [0.1, 0.15) is 0 Å². The molecule has 1 aromatic rings. The summed E-state index contributed by atoms with van der Waals surface area (Å²) in [6, 6.07) is 5.32. The summed E-state index contributed by atoms with van der Waals surface area (Å²) in [6.07, 6.45) is 3.39. The van der Waals surface area contributed by atoms with E-state index < -0.39 is 0 Å². The first-order chi connectivity index (χ1) is 6.79. The van der Waals surface area contributed by atoms with Gasteiger partial charge in [0.05, 0.1) is 0 Å². The van der Waals surface area contributed by atoms with Gasteiger partial charge in [0.15, 0.2) is 11.5 Å². The smallest absolute Gasteiger partial charge is 0.162 e. The van der Waals surface area contributed by atoms with Crippen molar-refractivity contribution in [2.24, 2.45) is 0 Å². The topological polar surface area (TPSA) is 52.5 Å². The van der Waals surface area contributed by atoms with Crippen molar-refractivity contribution in [1.29, 1.82) is 0 Å². The van der Waals surface area contributed by atoms with Gasteiger partial charge in [-0.3, -0.25) is 0 Å². The zero-order chi connectivity index (χ0) is 9.97. The first-order valence-corrected chi connectivity index (χ1v) is 5.03. The van der Waals surface area contributed by atoms with Crippen LogP contribution < -0.4 is 5.32 Å². The summed E-state index contributed by atoms with van der Waals surface area (Å²) < 4.78 is 0. The molecular formula is C11H15NO2. The Morgan fingerprint density at radius 2 is 2.07 bits per heavy atom. The van der Waals surface area contributed by atoms with E-state index in [1.807, 2.05) is 6.07 Å². The molecule has 3 heteroatoms. The maximum atomic E-state index is 9.66. The van der Waals surface area contributed by atoms with Crippen LogP contribution in [0.2, 0.25) is 0 Å². The van der Waals surface area contributed by atoms with Crippen LogP contribution in [0, 0.1) is 0 Å². The van der Waals surface area contributed by atoms with Crippen LogP contribution in [-0.2, 0) is 0 Å². The second-order valence-corrected chi connectivity index (χ2v) is 3.72. The number of rotatable bonds is 1. The standard InChI is InChI=1S/C11H15NO2/c13-10-6-3-4-8(11(10)14)9-5-1-2-7-12-9/h3-4,6,9,12-14H,1-2,5,7H2/t9-/m0/s1. The maximum absolute atomic E-state index is 9.66. The van der Waals surface area contributed by atoms with Gasteiger partial charge in [0, 0.05) is 11.6 Å². The van der Waals surface area contributed by atoms with Crippen molar-refractivity contribution in [2.45, 2.75) is 25.3 Å². The Morgan fingerprint density at radius 1 is 1.21 bits per heavy atom. The second kappa shape index (κ2) is 3.88. The molecule has 14 heavy (non-hydrogen) atoms. The molecule has 0 amide bonds. The fourth-order valence-corrected chi connectivity index (χ4v) is 1.95. The van der Waals surface area contributed by atoms with E-state index in [-0.39, 0.29) is 17.5 Å². The third-order valence-electron chi connectivity index (χ3n) is 2.73. The molecule has 1 atom stereocenters. The molecule has 1 saturated heterocycles. The van der Waals surface area contributed by atoms with Gasteiger partial charge < -0.3 is 15.5 Å². The van der Waals surface area contributed by atoms with Gasteiger partial charge >= 0.3 is 0 Å². The Hall–Kier alpha value is -1.22. The van der Waals surface area contributed by atoms with Crippen molar-refractivity contribution in [3.8, 4) is 11.5 Å². The molecule has 0 spiro atoms. The van der Waals surface area contributed by atoms with E-state index >= 15 is 0 Å². The molecule has 1 fully saturated rings. The molecule has 76 valence electrons. The van der Waals surface area contributed by atoms with Gasteiger partial charge in [-0.25, -0.2) is 0 Å². The van der Waals surface area contributed by atoms with Crippen LogP contribution in [0.15, 0.2) is 18.2 Å². The van der Waals surface area contributed by atoms with E-state index in [0.29, 0.717) is 0 Å². The molecule has 1 aliphatic heterocycles. The average Bonchev–Trinajstić information content (AvgIpc) is 2.23. The van der Waals surface area contributed by atoms with Gasteiger partial charge in [-0.05, 0) is 25.5 Å². The third kappa shape index (κ3) is 1.68. The molecular weight excluding hydrogens is 178 g/mol. The van der Waals surface area contributed by atoms with Crippen LogP contribution in [-0.4, -0.2) is 16.8 Å². The zero-order valence-corrected chi connectivity index (χ0v) is 8.03. The van der Waals surface area contributed by atoms with Crippen LogP contribution in [0.4, 0.5) is 0 Å². The number of piperidine rings is 1. The lowest BCUT2D eigenvalue weighted by atomic mass is 9.96. The minimum atomic E-state index is -0.0325. The van der Waals surface area contributed by atoms with Crippen LogP contribution >= 0.6 is 0 Å². The average molecular weight is 193 g/mol. The van der Waals surface area contributed by atoms with Crippen LogP contribution in [0.3, 0.4) is 0 Å². The monoisotopic (exact) mass is 193 g/mol. The lowest BCUT2D eigenvalue weighted by Crippen LogP contribution is -2.26. The van der Waals surface area contributed by atoms with Crippen molar-refractivity contribution >= 4 is 0 Å². The first kappa shape index (κ1) is 9.34. The summed E-state index contributed by atoms with van der Waals surface area (Å²) in [6.45, 7) is 0.986. The Morgan fingerprint density at radius 3 is 2.79 bits per heavy atom. The SMILES string of the molecule is Oc1cccc([C@@H]2CCCCN2)c1O. The van der Waals surface area contributed by atoms with Gasteiger partial charge in [0.2, 0.25) is 0 Å². The molecule has 1 heterocycles. The molecule has 1 aromatic carbocycles. The molecule has 1 aliphatic rings. The van der Waals surface area contributed by atoms with E-state index in [2.05, 4.69) is 5.32 Å². The predicted octanol–water partition coefficient (Wildman–Crippen LogP) is 1.91. The summed E-state index contributed by atoms with van der Waals surface area (Å²) in [5.41, 5.74) is 0.810. The van der Waals surface area contributed by atoms with Gasteiger partial charge in [-0.1, -0.05) is 18.6 Å². The van der Waals surface area contributed by atoms with Gasteiger partial charge in [-0.15, -0.1) is 0 Å². The normalized spacial score (nSPS) is 22.1. The minimum absolute atomic E-state index is 0.0203. The van der Waals surface area contributed by atoms with Crippen LogP contribution in [0.1, 0.15) is 30.9 Å². The largest absolute Gasteiger partial charge is 0.504 e. The van der Waals surface area contributed by atoms with Crippen molar-refractivity contribution in [2.75, 3.05) is 6.54 Å². The Labute approximate surface area is 83.4 Å². The highest BCUT2D eigenvalue weighted by Crippen LogP contribution is 2.35. The Kier molecular flexibility index (Phi) is 2.59. The van der Waals surface area contributed by atoms with Crippen LogP contribution in [0.5, 0.6) is 11.5 Å². The second-order valence-electron chi connectivity index (χ2n) is 3.72. The molecule has 0 aliphatic carbocycles. The van der Waals surface area contributed by atoms with E-state index in [4.69, 9.17) is 0 Å². The highest BCUT2D eigenvalue weighted by molar-refractivity contribution is 5.45. The first-order valence-electron chi connectivity index (χ1n) is 5.03. The Balaban J connectivity index is 2.26. The summed E-state index contributed by atoms with van der Waals surface area (Å²) >= 11 is 0. The van der Waals surface area contributed by atoms with Gasteiger partial charge in [0.25, 0.3) is 0 Å². The number of benzene rings is 1. The number of phenolic OH excluding ortho intramolecular Hbond substituents is 2. The molecule has 0 saturated carbocycles. The summed E-state index contributed by atoms with van der Waals surface area (Å²) in [5, 5.41) is 22.3. The van der Waals surface area contributed by atoms with Gasteiger partial charge in [-0.2, -0.15) is 0 Å². The lowest BCUT2D eigenvalue weighted by molar-refractivity contribution is 0.369. The number of hydrogen-bond acceptors (Lipinski definition) is 3. The number of aromatic hydroxyl groups is 2. The molecule has 0 aromatic heterocycles. The molecule has 0 unspecified atom stereocenters. The number of hydrogen-bond donors (Lipinski definition) is 3. The minimum Gasteiger partial charge on any atom is -0.504 e. The summed E-state index contributed by atoms with van der Waals surface area (Å²) in [4.78, 5) is 0. The van der Waals surface area contributed by atoms with Crippen LogP contribution in [0.25, 0.3) is 0 Å². The number of para-hydroxylation sites is 1. The summed E-state index contributed by atoms with van der Waals surface area (Å²) in [5.74, 6) is -0.0122. The third-order valence-corrected chi connectivity index (χ3v) is 2.73. The summed E-state index contributed by atoms with van der Waals surface area (Å²) in [7, 11) is 0. The van der Waals surface area contributed by atoms with E-state index in [0.717, 1.165) is 18.5 Å². The Bertz CT molecular complexity index is 319. The van der Waals surface area contributed by atoms with E-state index in [1.54, 1.807) is 6.07 Å². The zero-order valence-electron chi connectivity index (χ0n) is 8.03. The van der Waals surface area contributed by atoms with Crippen molar-refractivity contribution in [3.63, 3.8) is 0 Å². The molecule has 2 rings (SSSR count). The molecule has 0 radical (unpaired) electrons.